The molecule has 7 heteroatoms. The van der Waals surface area contributed by atoms with Gasteiger partial charge in [-0.25, -0.2) is 0 Å². The number of alkyl halides is 3. The van der Waals surface area contributed by atoms with E-state index in [1.807, 2.05) is 0 Å². The number of anilines is 1. The largest absolute Gasteiger partial charge is 0.401 e. The van der Waals surface area contributed by atoms with E-state index < -0.39 is 24.7 Å². The first-order chi connectivity index (χ1) is 9.23. The fourth-order valence-corrected chi connectivity index (χ4v) is 1.59. The van der Waals surface area contributed by atoms with Crippen LogP contribution in [0.5, 0.6) is 0 Å². The lowest BCUT2D eigenvalue weighted by molar-refractivity contribution is -0.149. The van der Waals surface area contributed by atoms with Gasteiger partial charge >= 0.3 is 6.18 Å². The summed E-state index contributed by atoms with van der Waals surface area (Å²) in [7, 11) is 1.26. The molecule has 1 atom stereocenters. The predicted octanol–water partition coefficient (Wildman–Crippen LogP) is 1.97. The first-order valence-corrected chi connectivity index (χ1v) is 6.10. The molecular formula is C13H18F3N3O. The van der Waals surface area contributed by atoms with Crippen LogP contribution in [0, 0.1) is 0 Å². The fourth-order valence-electron chi connectivity index (χ4n) is 1.59. The average Bonchev–Trinajstić information content (AvgIpc) is 2.36. The molecule has 0 aliphatic carbocycles. The quantitative estimate of drug-likeness (QED) is 0.871. The summed E-state index contributed by atoms with van der Waals surface area (Å²) in [5, 5.41) is 2.57. The smallest absolute Gasteiger partial charge is 0.326 e. The molecule has 0 fully saturated rings. The van der Waals surface area contributed by atoms with Crippen molar-refractivity contribution < 1.29 is 18.0 Å². The number of carbonyl (C=O) groups is 1. The van der Waals surface area contributed by atoms with Crippen LogP contribution in [0.1, 0.15) is 12.5 Å². The molecule has 1 aromatic rings. The summed E-state index contributed by atoms with van der Waals surface area (Å²) >= 11 is 0. The van der Waals surface area contributed by atoms with Gasteiger partial charge in [0.1, 0.15) is 0 Å². The Balaban J connectivity index is 2.60. The number of halogens is 3. The molecule has 3 N–H and O–H groups in total. The molecule has 1 amide bonds. The van der Waals surface area contributed by atoms with E-state index in [0.29, 0.717) is 12.2 Å². The van der Waals surface area contributed by atoms with Gasteiger partial charge in [-0.1, -0.05) is 12.1 Å². The zero-order chi connectivity index (χ0) is 15.3. The molecule has 0 radical (unpaired) electrons. The van der Waals surface area contributed by atoms with Crippen LogP contribution >= 0.6 is 0 Å². The standard InChI is InChI=1S/C13H18F3N3O/c1-9(19(2)8-13(14,15)16)12(20)18-11-5-3-10(7-17)4-6-11/h3-6,9H,7-8,17H2,1-2H3,(H,18,20). The van der Waals surface area contributed by atoms with Gasteiger partial charge in [-0.2, -0.15) is 13.2 Å². The van der Waals surface area contributed by atoms with Crippen molar-refractivity contribution in [2.75, 3.05) is 18.9 Å². The third kappa shape index (κ3) is 5.18. The Morgan fingerprint density at radius 2 is 1.90 bits per heavy atom. The van der Waals surface area contributed by atoms with E-state index in [1.165, 1.54) is 14.0 Å². The Labute approximate surface area is 115 Å². The molecule has 4 nitrogen and oxygen atoms in total. The average molecular weight is 289 g/mol. The van der Waals surface area contributed by atoms with Crippen molar-refractivity contribution in [2.45, 2.75) is 25.7 Å². The zero-order valence-corrected chi connectivity index (χ0v) is 11.4. The molecule has 0 saturated carbocycles. The highest BCUT2D eigenvalue weighted by Gasteiger charge is 2.32. The zero-order valence-electron chi connectivity index (χ0n) is 11.4. The molecule has 1 rings (SSSR count). The van der Waals surface area contributed by atoms with E-state index in [4.69, 9.17) is 5.73 Å². The lowest BCUT2D eigenvalue weighted by atomic mass is 10.2. The van der Waals surface area contributed by atoms with Crippen molar-refractivity contribution in [3.05, 3.63) is 29.8 Å². The summed E-state index contributed by atoms with van der Waals surface area (Å²) in [6.07, 6.45) is -4.33. The first kappa shape index (κ1) is 16.5. The molecule has 112 valence electrons. The molecule has 1 aromatic carbocycles. The number of rotatable bonds is 5. The number of nitrogens with one attached hydrogen (secondary N) is 1. The van der Waals surface area contributed by atoms with Crippen molar-refractivity contribution in [1.29, 1.82) is 0 Å². The van der Waals surface area contributed by atoms with Gasteiger partial charge in [-0.15, -0.1) is 0 Å². The third-order valence-corrected chi connectivity index (χ3v) is 2.93. The molecule has 0 aliphatic heterocycles. The van der Waals surface area contributed by atoms with Gasteiger partial charge in [-0.05, 0) is 31.7 Å². The third-order valence-electron chi connectivity index (χ3n) is 2.93. The second-order valence-corrected chi connectivity index (χ2v) is 4.60. The Bertz CT molecular complexity index is 445. The van der Waals surface area contributed by atoms with Crippen LogP contribution in [0.15, 0.2) is 24.3 Å². The Morgan fingerprint density at radius 1 is 1.35 bits per heavy atom. The van der Waals surface area contributed by atoms with Gasteiger partial charge in [0.25, 0.3) is 0 Å². The van der Waals surface area contributed by atoms with Gasteiger partial charge in [-0.3, -0.25) is 9.69 Å². The lowest BCUT2D eigenvalue weighted by Crippen LogP contribution is -2.44. The second kappa shape index (κ2) is 6.71. The summed E-state index contributed by atoms with van der Waals surface area (Å²) in [6.45, 7) is 0.683. The van der Waals surface area contributed by atoms with Crippen LogP contribution in [0.25, 0.3) is 0 Å². The Morgan fingerprint density at radius 3 is 2.35 bits per heavy atom. The number of benzene rings is 1. The van der Waals surface area contributed by atoms with Gasteiger partial charge in [0, 0.05) is 12.2 Å². The highest BCUT2D eigenvalue weighted by Crippen LogP contribution is 2.17. The molecule has 0 saturated heterocycles. The molecule has 0 bridgehead atoms. The number of hydrogen-bond donors (Lipinski definition) is 2. The molecular weight excluding hydrogens is 271 g/mol. The maximum Gasteiger partial charge on any atom is 0.401 e. The highest BCUT2D eigenvalue weighted by atomic mass is 19.4. The minimum Gasteiger partial charge on any atom is -0.326 e. The van der Waals surface area contributed by atoms with Crippen LogP contribution in [-0.2, 0) is 11.3 Å². The number of nitrogens with two attached hydrogens (primary N) is 1. The summed E-state index contributed by atoms with van der Waals surface area (Å²) < 4.78 is 36.8. The molecule has 0 aliphatic rings. The van der Waals surface area contributed by atoms with Crippen LogP contribution in [0.2, 0.25) is 0 Å². The monoisotopic (exact) mass is 289 g/mol. The van der Waals surface area contributed by atoms with E-state index in [-0.39, 0.29) is 0 Å². The number of carbonyl (C=O) groups excluding carboxylic acids is 1. The van der Waals surface area contributed by atoms with Crippen molar-refractivity contribution in [2.24, 2.45) is 5.73 Å². The minimum absolute atomic E-state index is 0.388. The molecule has 0 heterocycles. The van der Waals surface area contributed by atoms with Crippen molar-refractivity contribution in [1.82, 2.24) is 4.90 Å². The van der Waals surface area contributed by atoms with Crippen LogP contribution in [0.3, 0.4) is 0 Å². The fraction of sp³-hybridized carbons (Fsp3) is 0.462. The second-order valence-electron chi connectivity index (χ2n) is 4.60. The van der Waals surface area contributed by atoms with Crippen LogP contribution in [-0.4, -0.2) is 36.6 Å². The Hall–Kier alpha value is -1.60. The van der Waals surface area contributed by atoms with E-state index in [2.05, 4.69) is 5.32 Å². The number of likely N-dealkylation sites (N-methyl/N-ethyl adjacent to an activating group) is 1. The number of amides is 1. The molecule has 20 heavy (non-hydrogen) atoms. The first-order valence-electron chi connectivity index (χ1n) is 6.10. The number of hydrogen-bond acceptors (Lipinski definition) is 3. The van der Waals surface area contributed by atoms with Gasteiger partial charge in [0.15, 0.2) is 0 Å². The molecule has 0 aromatic heterocycles. The highest BCUT2D eigenvalue weighted by molar-refractivity contribution is 5.94. The molecule has 0 spiro atoms. The number of nitrogens with zero attached hydrogens (tertiary/aromatic N) is 1. The lowest BCUT2D eigenvalue weighted by Gasteiger charge is -2.24. The summed E-state index contributed by atoms with van der Waals surface area (Å²) in [5.74, 6) is -0.489. The summed E-state index contributed by atoms with van der Waals surface area (Å²) in [5.41, 5.74) is 6.88. The maximum atomic E-state index is 12.3. The SMILES string of the molecule is CC(C(=O)Nc1ccc(CN)cc1)N(C)CC(F)(F)F. The van der Waals surface area contributed by atoms with Gasteiger partial charge in [0.2, 0.25) is 5.91 Å². The van der Waals surface area contributed by atoms with Crippen molar-refractivity contribution >= 4 is 11.6 Å². The summed E-state index contributed by atoms with van der Waals surface area (Å²) in [6, 6.07) is 5.94. The minimum atomic E-state index is -4.33. The van der Waals surface area contributed by atoms with E-state index in [1.54, 1.807) is 24.3 Å². The topological polar surface area (TPSA) is 58.4 Å². The van der Waals surface area contributed by atoms with E-state index in [9.17, 15) is 18.0 Å². The Kier molecular flexibility index (Phi) is 5.52. The summed E-state index contributed by atoms with van der Waals surface area (Å²) in [4.78, 5) is 12.8. The normalized spacial score (nSPS) is 13.3. The van der Waals surface area contributed by atoms with Gasteiger partial charge < -0.3 is 11.1 Å². The maximum absolute atomic E-state index is 12.3. The van der Waals surface area contributed by atoms with Crippen molar-refractivity contribution in [3.63, 3.8) is 0 Å². The van der Waals surface area contributed by atoms with Crippen LogP contribution in [0.4, 0.5) is 18.9 Å². The van der Waals surface area contributed by atoms with Gasteiger partial charge in [0.05, 0.1) is 12.6 Å². The predicted molar refractivity (Wildman–Crippen MR) is 71.1 cm³/mol. The van der Waals surface area contributed by atoms with E-state index >= 15 is 0 Å². The van der Waals surface area contributed by atoms with E-state index in [0.717, 1.165) is 10.5 Å². The van der Waals surface area contributed by atoms with Crippen molar-refractivity contribution in [3.8, 4) is 0 Å². The van der Waals surface area contributed by atoms with Crippen LogP contribution < -0.4 is 11.1 Å². The molecule has 1 unspecified atom stereocenters.